The summed E-state index contributed by atoms with van der Waals surface area (Å²) in [5.41, 5.74) is -0.676. The van der Waals surface area contributed by atoms with E-state index in [1.54, 1.807) is 6.07 Å². The van der Waals surface area contributed by atoms with Crippen molar-refractivity contribution in [1.82, 2.24) is 15.1 Å². The molecule has 0 bridgehead atoms. The van der Waals surface area contributed by atoms with Gasteiger partial charge in [0, 0.05) is 24.0 Å². The Bertz CT molecular complexity index is 987. The number of pyridine rings is 1. The molecule has 1 atom stereocenters. The number of anilines is 1. The fourth-order valence-electron chi connectivity index (χ4n) is 3.20. The standard InChI is InChI=1S/C19H19F3N4O2/c1-11(2)18-24-16(25-28-18)15-10-26(7-8-27-15)17-14-4-3-13(19(20,21)22)9-12(14)5-6-23-17/h3-6,9,11,15H,7-8,10H2,1-2H3. The summed E-state index contributed by atoms with van der Waals surface area (Å²) in [4.78, 5) is 10.8. The third-order valence-corrected chi connectivity index (χ3v) is 4.68. The summed E-state index contributed by atoms with van der Waals surface area (Å²) in [5.74, 6) is 1.74. The normalized spacial score (nSPS) is 18.2. The maximum atomic E-state index is 13.0. The summed E-state index contributed by atoms with van der Waals surface area (Å²) < 4.78 is 50.0. The van der Waals surface area contributed by atoms with Crippen molar-refractivity contribution in [2.24, 2.45) is 0 Å². The van der Waals surface area contributed by atoms with Crippen LogP contribution in [0.25, 0.3) is 10.8 Å². The SMILES string of the molecule is CC(C)c1nc(C2CN(c3nccc4cc(C(F)(F)F)ccc34)CCO2)no1. The fraction of sp³-hybridized carbons (Fsp3) is 0.421. The molecule has 1 aliphatic heterocycles. The Hall–Kier alpha value is -2.68. The first-order valence-electron chi connectivity index (χ1n) is 8.99. The first kappa shape index (κ1) is 18.7. The number of alkyl halides is 3. The van der Waals surface area contributed by atoms with E-state index < -0.39 is 17.8 Å². The molecule has 4 rings (SSSR count). The number of halogens is 3. The number of hydrogen-bond acceptors (Lipinski definition) is 6. The highest BCUT2D eigenvalue weighted by molar-refractivity contribution is 5.92. The van der Waals surface area contributed by atoms with E-state index in [-0.39, 0.29) is 5.92 Å². The number of morpholine rings is 1. The summed E-state index contributed by atoms with van der Waals surface area (Å²) >= 11 is 0. The van der Waals surface area contributed by atoms with E-state index in [4.69, 9.17) is 9.26 Å². The van der Waals surface area contributed by atoms with Crippen LogP contribution in [0.2, 0.25) is 0 Å². The van der Waals surface area contributed by atoms with E-state index in [1.807, 2.05) is 18.7 Å². The molecule has 0 aliphatic carbocycles. The third-order valence-electron chi connectivity index (χ3n) is 4.68. The quantitative estimate of drug-likeness (QED) is 0.661. The minimum atomic E-state index is -4.38. The van der Waals surface area contributed by atoms with Crippen LogP contribution in [0, 0.1) is 0 Å². The lowest BCUT2D eigenvalue weighted by molar-refractivity contribution is -0.137. The van der Waals surface area contributed by atoms with Gasteiger partial charge in [0.05, 0.1) is 18.7 Å². The third kappa shape index (κ3) is 3.54. The molecular formula is C19H19F3N4O2. The van der Waals surface area contributed by atoms with Gasteiger partial charge in [-0.15, -0.1) is 0 Å². The first-order chi connectivity index (χ1) is 13.3. The van der Waals surface area contributed by atoms with Gasteiger partial charge < -0.3 is 14.2 Å². The summed E-state index contributed by atoms with van der Waals surface area (Å²) in [6, 6.07) is 5.28. The zero-order valence-electron chi connectivity index (χ0n) is 15.4. The van der Waals surface area contributed by atoms with Gasteiger partial charge >= 0.3 is 6.18 Å². The zero-order valence-corrected chi connectivity index (χ0v) is 15.4. The predicted molar refractivity (Wildman–Crippen MR) is 96.0 cm³/mol. The van der Waals surface area contributed by atoms with Crippen molar-refractivity contribution in [3.63, 3.8) is 0 Å². The predicted octanol–water partition coefficient (Wildman–Crippen LogP) is 4.34. The molecule has 0 amide bonds. The van der Waals surface area contributed by atoms with Crippen LogP contribution < -0.4 is 4.90 Å². The molecule has 3 aromatic rings. The van der Waals surface area contributed by atoms with E-state index in [9.17, 15) is 13.2 Å². The van der Waals surface area contributed by atoms with Crippen molar-refractivity contribution < 1.29 is 22.4 Å². The van der Waals surface area contributed by atoms with Gasteiger partial charge in [0.1, 0.15) is 11.9 Å². The van der Waals surface area contributed by atoms with E-state index in [0.29, 0.717) is 48.0 Å². The van der Waals surface area contributed by atoms with E-state index in [0.717, 1.165) is 12.1 Å². The van der Waals surface area contributed by atoms with Gasteiger partial charge in [0.15, 0.2) is 0 Å². The van der Waals surface area contributed by atoms with Crippen molar-refractivity contribution in [2.75, 3.05) is 24.6 Å². The van der Waals surface area contributed by atoms with Crippen LogP contribution in [0.5, 0.6) is 0 Å². The van der Waals surface area contributed by atoms with Crippen LogP contribution in [-0.2, 0) is 10.9 Å². The molecule has 0 saturated carbocycles. The molecule has 2 aromatic heterocycles. The molecule has 1 aromatic carbocycles. The summed E-state index contributed by atoms with van der Waals surface area (Å²) in [7, 11) is 0. The molecule has 0 spiro atoms. The van der Waals surface area contributed by atoms with Crippen LogP contribution >= 0.6 is 0 Å². The largest absolute Gasteiger partial charge is 0.416 e. The van der Waals surface area contributed by atoms with Crippen molar-refractivity contribution >= 4 is 16.6 Å². The average molecular weight is 392 g/mol. The second-order valence-corrected chi connectivity index (χ2v) is 7.02. The Morgan fingerprint density at radius 1 is 1.21 bits per heavy atom. The molecule has 1 unspecified atom stereocenters. The second kappa shape index (κ2) is 7.05. The van der Waals surface area contributed by atoms with Crippen molar-refractivity contribution in [1.29, 1.82) is 0 Å². The molecule has 1 fully saturated rings. The monoisotopic (exact) mass is 392 g/mol. The highest BCUT2D eigenvalue weighted by atomic mass is 19.4. The molecule has 0 radical (unpaired) electrons. The maximum absolute atomic E-state index is 13.0. The highest BCUT2D eigenvalue weighted by Gasteiger charge is 2.31. The molecule has 28 heavy (non-hydrogen) atoms. The number of fused-ring (bicyclic) bond motifs is 1. The zero-order chi connectivity index (χ0) is 19.9. The molecular weight excluding hydrogens is 373 g/mol. The van der Waals surface area contributed by atoms with Crippen LogP contribution in [0.4, 0.5) is 19.0 Å². The van der Waals surface area contributed by atoms with E-state index in [2.05, 4.69) is 15.1 Å². The summed E-state index contributed by atoms with van der Waals surface area (Å²) in [6.07, 6.45) is -3.25. The molecule has 9 heteroatoms. The van der Waals surface area contributed by atoms with Gasteiger partial charge in [-0.2, -0.15) is 18.2 Å². The lowest BCUT2D eigenvalue weighted by Crippen LogP contribution is -2.39. The highest BCUT2D eigenvalue weighted by Crippen LogP contribution is 2.34. The van der Waals surface area contributed by atoms with Crippen LogP contribution in [-0.4, -0.2) is 34.8 Å². The van der Waals surface area contributed by atoms with Gasteiger partial charge in [-0.1, -0.05) is 25.1 Å². The first-order valence-corrected chi connectivity index (χ1v) is 8.99. The molecule has 0 N–H and O–H groups in total. The Balaban J connectivity index is 1.63. The Morgan fingerprint density at radius 2 is 2.04 bits per heavy atom. The molecule has 6 nitrogen and oxygen atoms in total. The minimum absolute atomic E-state index is 0.114. The second-order valence-electron chi connectivity index (χ2n) is 7.02. The number of nitrogens with zero attached hydrogens (tertiary/aromatic N) is 4. The van der Waals surface area contributed by atoms with Gasteiger partial charge in [-0.3, -0.25) is 0 Å². The number of ether oxygens (including phenoxy) is 1. The Labute approximate surface area is 159 Å². The van der Waals surface area contributed by atoms with Gasteiger partial charge in [-0.25, -0.2) is 4.98 Å². The maximum Gasteiger partial charge on any atom is 0.416 e. The smallest absolute Gasteiger partial charge is 0.366 e. The average Bonchev–Trinajstić information content (AvgIpc) is 3.17. The fourth-order valence-corrected chi connectivity index (χ4v) is 3.20. The van der Waals surface area contributed by atoms with Crippen LogP contribution in [0.15, 0.2) is 35.0 Å². The number of aromatic nitrogens is 3. The number of hydrogen-bond donors (Lipinski definition) is 0. The number of rotatable bonds is 3. The van der Waals surface area contributed by atoms with Gasteiger partial charge in [0.2, 0.25) is 11.7 Å². The molecule has 1 aliphatic rings. The van der Waals surface area contributed by atoms with Gasteiger partial charge in [-0.05, 0) is 23.6 Å². The van der Waals surface area contributed by atoms with Crippen LogP contribution in [0.3, 0.4) is 0 Å². The molecule has 148 valence electrons. The van der Waals surface area contributed by atoms with Gasteiger partial charge in [0.25, 0.3) is 0 Å². The summed E-state index contributed by atoms with van der Waals surface area (Å²) in [5, 5.41) is 5.16. The van der Waals surface area contributed by atoms with Crippen LogP contribution in [0.1, 0.15) is 43.1 Å². The summed E-state index contributed by atoms with van der Waals surface area (Å²) in [6.45, 7) is 5.35. The lowest BCUT2D eigenvalue weighted by Gasteiger charge is -2.33. The molecule has 1 saturated heterocycles. The Kier molecular flexibility index (Phi) is 4.70. The Morgan fingerprint density at radius 3 is 2.75 bits per heavy atom. The van der Waals surface area contributed by atoms with E-state index >= 15 is 0 Å². The topological polar surface area (TPSA) is 64.3 Å². The van der Waals surface area contributed by atoms with Crippen molar-refractivity contribution in [3.8, 4) is 0 Å². The van der Waals surface area contributed by atoms with E-state index in [1.165, 1.54) is 12.3 Å². The minimum Gasteiger partial charge on any atom is -0.366 e. The van der Waals surface area contributed by atoms with Crippen molar-refractivity contribution in [2.45, 2.75) is 32.0 Å². The van der Waals surface area contributed by atoms with Crippen molar-refractivity contribution in [3.05, 3.63) is 47.7 Å². The molecule has 3 heterocycles. The lowest BCUT2D eigenvalue weighted by atomic mass is 10.1. The number of benzene rings is 1.